The highest BCUT2D eigenvalue weighted by Crippen LogP contribution is 2.50. The molecule has 2 aliphatic rings. The lowest BCUT2D eigenvalue weighted by Gasteiger charge is -2.08. The van der Waals surface area contributed by atoms with E-state index in [0.29, 0.717) is 0 Å². The van der Waals surface area contributed by atoms with Crippen molar-refractivity contribution in [1.82, 2.24) is 0 Å². The minimum atomic E-state index is 1.35. The van der Waals surface area contributed by atoms with E-state index in [0.717, 1.165) is 0 Å². The third-order valence-corrected chi connectivity index (χ3v) is 8.15. The average molecular weight is 461 g/mol. The molecule has 6 aromatic rings. The molecule has 0 saturated heterocycles. The van der Waals surface area contributed by atoms with E-state index in [1.165, 1.54) is 88.3 Å². The van der Waals surface area contributed by atoms with Gasteiger partial charge in [-0.3, -0.25) is 0 Å². The van der Waals surface area contributed by atoms with E-state index in [4.69, 9.17) is 0 Å². The fourth-order valence-corrected chi connectivity index (χ4v) is 6.51. The summed E-state index contributed by atoms with van der Waals surface area (Å²) in [6.07, 6.45) is 0. The summed E-state index contributed by atoms with van der Waals surface area (Å²) in [5.41, 5.74) is 16.7. The molecule has 2 aliphatic carbocycles. The second-order valence-corrected chi connectivity index (χ2v) is 10.3. The normalized spacial score (nSPS) is 11.9. The van der Waals surface area contributed by atoms with Crippen LogP contribution in [-0.2, 0) is 0 Å². The highest BCUT2D eigenvalue weighted by molar-refractivity contribution is 6.18. The molecule has 0 heterocycles. The monoisotopic (exact) mass is 460 g/mol. The fraction of sp³-hybridized carbons (Fsp3) is 0.111. The lowest BCUT2D eigenvalue weighted by molar-refractivity contribution is 1.47. The van der Waals surface area contributed by atoms with Gasteiger partial charge in [0.2, 0.25) is 0 Å². The van der Waals surface area contributed by atoms with Gasteiger partial charge in [-0.2, -0.15) is 0 Å². The summed E-state index contributed by atoms with van der Waals surface area (Å²) in [4.78, 5) is 0. The molecule has 172 valence electrons. The Morgan fingerprint density at radius 2 is 0.722 bits per heavy atom. The average Bonchev–Trinajstić information content (AvgIpc) is 3.42. The highest BCUT2D eigenvalue weighted by Gasteiger charge is 2.24. The summed E-state index contributed by atoms with van der Waals surface area (Å²) in [7, 11) is 0. The van der Waals surface area contributed by atoms with E-state index in [2.05, 4.69) is 125 Å². The van der Waals surface area contributed by atoms with E-state index in [9.17, 15) is 0 Å². The zero-order valence-corrected chi connectivity index (χ0v) is 21.2. The number of hydrogen-bond acceptors (Lipinski definition) is 0. The number of rotatable bonds is 0. The molecule has 0 spiro atoms. The summed E-state index contributed by atoms with van der Waals surface area (Å²) in [5, 5.41) is 5.67. The topological polar surface area (TPSA) is 0 Å². The summed E-state index contributed by atoms with van der Waals surface area (Å²) >= 11 is 0. The minimum absolute atomic E-state index is 1.35. The van der Waals surface area contributed by atoms with Gasteiger partial charge in [0, 0.05) is 0 Å². The Morgan fingerprint density at radius 1 is 0.306 bits per heavy atom. The number of benzene rings is 6. The van der Waals surface area contributed by atoms with Gasteiger partial charge in [-0.15, -0.1) is 0 Å². The molecule has 0 unspecified atom stereocenters. The van der Waals surface area contributed by atoms with Gasteiger partial charge in [0.1, 0.15) is 0 Å². The first-order chi connectivity index (χ1) is 17.5. The maximum absolute atomic E-state index is 2.27. The van der Waals surface area contributed by atoms with Crippen molar-refractivity contribution in [3.8, 4) is 44.5 Å². The quantitative estimate of drug-likeness (QED) is 0.211. The first-order valence-electron chi connectivity index (χ1n) is 12.8. The van der Waals surface area contributed by atoms with Gasteiger partial charge >= 0.3 is 0 Å². The Kier molecular flexibility index (Phi) is 4.51. The summed E-state index contributed by atoms with van der Waals surface area (Å²) in [6, 6.07) is 35.5. The Labute approximate surface area is 212 Å². The Hall–Kier alpha value is -4.16. The van der Waals surface area contributed by atoms with Crippen molar-refractivity contribution < 1.29 is 0 Å². The molecule has 0 nitrogen and oxygen atoms in total. The van der Waals surface area contributed by atoms with Gasteiger partial charge in [-0.25, -0.2) is 0 Å². The van der Waals surface area contributed by atoms with Gasteiger partial charge in [0.15, 0.2) is 0 Å². The molecule has 0 atom stereocenters. The van der Waals surface area contributed by atoms with Crippen LogP contribution in [0, 0.1) is 27.7 Å². The first-order valence-corrected chi connectivity index (χ1v) is 12.8. The molecular formula is C36H28. The largest absolute Gasteiger partial charge is 0.0616 e. The molecular weight excluding hydrogens is 432 g/mol. The van der Waals surface area contributed by atoms with E-state index in [-0.39, 0.29) is 0 Å². The fourth-order valence-electron chi connectivity index (χ4n) is 6.51. The van der Waals surface area contributed by atoms with Crippen LogP contribution in [0.25, 0.3) is 66.1 Å². The van der Waals surface area contributed by atoms with Crippen molar-refractivity contribution in [2.24, 2.45) is 0 Å². The molecule has 0 aliphatic heterocycles. The molecule has 8 rings (SSSR count). The van der Waals surface area contributed by atoms with Gasteiger partial charge in [0.05, 0.1) is 0 Å². The van der Waals surface area contributed by atoms with E-state index in [1.807, 2.05) is 0 Å². The van der Waals surface area contributed by atoms with Crippen molar-refractivity contribution >= 4 is 21.5 Å². The molecule has 0 heteroatoms. The van der Waals surface area contributed by atoms with Crippen molar-refractivity contribution in [2.75, 3.05) is 0 Å². The molecule has 0 aromatic heterocycles. The Bertz CT molecular complexity index is 1740. The summed E-state index contributed by atoms with van der Waals surface area (Å²) in [6.45, 7) is 8.84. The van der Waals surface area contributed by atoms with E-state index in [1.54, 1.807) is 0 Å². The van der Waals surface area contributed by atoms with Crippen LogP contribution in [0.4, 0.5) is 0 Å². The predicted octanol–water partition coefficient (Wildman–Crippen LogP) is 10.2. The van der Waals surface area contributed by atoms with Crippen LogP contribution >= 0.6 is 0 Å². The highest BCUT2D eigenvalue weighted by atomic mass is 14.3. The minimum Gasteiger partial charge on any atom is -0.0616 e. The molecule has 6 aromatic carbocycles. The summed E-state index contributed by atoms with van der Waals surface area (Å²) in [5.74, 6) is 0. The molecule has 0 radical (unpaired) electrons. The van der Waals surface area contributed by atoms with Gasteiger partial charge in [-0.05, 0) is 116 Å². The first kappa shape index (κ1) is 21.1. The van der Waals surface area contributed by atoms with E-state index >= 15 is 0 Å². The van der Waals surface area contributed by atoms with Crippen molar-refractivity contribution in [3.05, 3.63) is 119 Å². The third kappa shape index (κ3) is 2.82. The zero-order valence-electron chi connectivity index (χ0n) is 21.2. The van der Waals surface area contributed by atoms with Crippen LogP contribution in [0.1, 0.15) is 22.3 Å². The number of hydrogen-bond donors (Lipinski definition) is 0. The maximum atomic E-state index is 2.27. The molecule has 0 N–H and O–H groups in total. The van der Waals surface area contributed by atoms with Crippen LogP contribution in [-0.4, -0.2) is 0 Å². The van der Waals surface area contributed by atoms with Gasteiger partial charge in [0.25, 0.3) is 0 Å². The number of aryl methyl sites for hydroxylation is 4. The van der Waals surface area contributed by atoms with Crippen LogP contribution in [0.15, 0.2) is 97.1 Å². The Morgan fingerprint density at radius 3 is 1.19 bits per heavy atom. The van der Waals surface area contributed by atoms with Crippen molar-refractivity contribution in [2.45, 2.75) is 27.7 Å². The summed E-state index contributed by atoms with van der Waals surface area (Å²) < 4.78 is 0. The number of fused-ring (bicyclic) bond motifs is 6. The third-order valence-electron chi connectivity index (χ3n) is 8.15. The van der Waals surface area contributed by atoms with Gasteiger partial charge < -0.3 is 0 Å². The smallest absolute Gasteiger partial charge is 0.00210 e. The molecule has 0 amide bonds. The lowest BCUT2D eigenvalue weighted by Crippen LogP contribution is -1.84. The SMILES string of the molecule is Cc1ccc2c3c(ccc(C)c13)-c1ccccc1-2.Cc1ccc2ccc(C)c3c2c1-c1ccccc1-3. The lowest BCUT2D eigenvalue weighted by atomic mass is 9.96. The molecule has 0 bridgehead atoms. The van der Waals surface area contributed by atoms with Crippen LogP contribution in [0.5, 0.6) is 0 Å². The van der Waals surface area contributed by atoms with Crippen molar-refractivity contribution in [3.63, 3.8) is 0 Å². The van der Waals surface area contributed by atoms with Crippen LogP contribution < -0.4 is 0 Å². The van der Waals surface area contributed by atoms with Gasteiger partial charge in [-0.1, -0.05) is 97.1 Å². The zero-order chi connectivity index (χ0) is 24.6. The molecule has 36 heavy (non-hydrogen) atoms. The second-order valence-electron chi connectivity index (χ2n) is 10.3. The molecule has 0 saturated carbocycles. The maximum Gasteiger partial charge on any atom is -0.00210 e. The predicted molar refractivity (Wildman–Crippen MR) is 156 cm³/mol. The van der Waals surface area contributed by atoms with Crippen LogP contribution in [0.3, 0.4) is 0 Å². The second kappa shape index (κ2) is 7.67. The van der Waals surface area contributed by atoms with E-state index < -0.39 is 0 Å². The Balaban J connectivity index is 0.000000122. The van der Waals surface area contributed by atoms with Crippen molar-refractivity contribution in [1.29, 1.82) is 0 Å². The van der Waals surface area contributed by atoms with Crippen LogP contribution in [0.2, 0.25) is 0 Å². The standard InChI is InChI=1S/2C18H14/c1-11-7-9-13-10-8-12(2)17-15-6-4-3-5-14(15)16(11)18(13)17;1-11-7-9-15-13-5-3-4-6-14(13)16-10-8-12(2)17(11)18(15)16/h2*3-10H,1-2H3. The molecule has 0 fully saturated rings.